The minimum absolute atomic E-state index is 0.433. The number of aldehydes is 1. The smallest absolute Gasteiger partial charge is 0.150 e. The molecule has 0 aliphatic rings. The first-order chi connectivity index (χ1) is 8.70. The van der Waals surface area contributed by atoms with E-state index in [9.17, 15) is 4.79 Å². The van der Waals surface area contributed by atoms with Crippen molar-refractivity contribution in [3.8, 4) is 5.75 Å². The first-order valence-electron chi connectivity index (χ1n) is 5.80. The summed E-state index contributed by atoms with van der Waals surface area (Å²) in [7, 11) is 0. The molecule has 0 radical (unpaired) electrons. The summed E-state index contributed by atoms with van der Waals surface area (Å²) in [6.45, 7) is 4.31. The van der Waals surface area contributed by atoms with Crippen molar-refractivity contribution in [1.82, 2.24) is 4.98 Å². The average molecular weight is 241 g/mol. The summed E-state index contributed by atoms with van der Waals surface area (Å²) < 4.78 is 5.77. The van der Waals surface area contributed by atoms with Crippen LogP contribution >= 0.6 is 0 Å². The van der Waals surface area contributed by atoms with Gasteiger partial charge in [0.05, 0.1) is 5.69 Å². The largest absolute Gasteiger partial charge is 0.487 e. The topological polar surface area (TPSA) is 39.2 Å². The SMILES string of the molecule is Cc1cc(C=O)cc(C)c1OCc1ccccn1. The van der Waals surface area contributed by atoms with Crippen molar-refractivity contribution in [3.05, 3.63) is 58.9 Å². The Morgan fingerprint density at radius 2 is 1.94 bits per heavy atom. The number of carbonyl (C=O) groups is 1. The van der Waals surface area contributed by atoms with Crippen molar-refractivity contribution in [2.75, 3.05) is 0 Å². The second-order valence-corrected chi connectivity index (χ2v) is 4.21. The fourth-order valence-corrected chi connectivity index (χ4v) is 1.91. The third-order valence-electron chi connectivity index (χ3n) is 2.71. The van der Waals surface area contributed by atoms with Gasteiger partial charge in [-0.3, -0.25) is 9.78 Å². The van der Waals surface area contributed by atoms with Gasteiger partial charge in [-0.1, -0.05) is 6.07 Å². The van der Waals surface area contributed by atoms with Gasteiger partial charge in [0, 0.05) is 11.8 Å². The van der Waals surface area contributed by atoms with Crippen LogP contribution in [0.15, 0.2) is 36.5 Å². The minimum Gasteiger partial charge on any atom is -0.487 e. The Balaban J connectivity index is 2.17. The number of carbonyl (C=O) groups excluding carboxylic acids is 1. The molecule has 18 heavy (non-hydrogen) atoms. The van der Waals surface area contributed by atoms with Crippen molar-refractivity contribution >= 4 is 6.29 Å². The van der Waals surface area contributed by atoms with Gasteiger partial charge in [0.2, 0.25) is 0 Å². The second kappa shape index (κ2) is 5.45. The van der Waals surface area contributed by atoms with E-state index in [1.54, 1.807) is 6.20 Å². The van der Waals surface area contributed by atoms with E-state index in [1.165, 1.54) is 0 Å². The quantitative estimate of drug-likeness (QED) is 0.772. The third kappa shape index (κ3) is 2.74. The van der Waals surface area contributed by atoms with Gasteiger partial charge in [-0.05, 0) is 49.2 Å². The molecule has 2 aromatic rings. The number of pyridine rings is 1. The molecule has 0 saturated heterocycles. The Morgan fingerprint density at radius 1 is 1.22 bits per heavy atom. The van der Waals surface area contributed by atoms with Crippen LogP contribution in [0.4, 0.5) is 0 Å². The Kier molecular flexibility index (Phi) is 3.72. The van der Waals surface area contributed by atoms with Gasteiger partial charge < -0.3 is 4.74 Å². The molecule has 2 rings (SSSR count). The molecule has 3 nitrogen and oxygen atoms in total. The van der Waals surface area contributed by atoms with E-state index in [2.05, 4.69) is 4.98 Å². The highest BCUT2D eigenvalue weighted by atomic mass is 16.5. The highest BCUT2D eigenvalue weighted by Crippen LogP contribution is 2.24. The number of aromatic nitrogens is 1. The van der Waals surface area contributed by atoms with Crippen LogP contribution in [0.2, 0.25) is 0 Å². The highest BCUT2D eigenvalue weighted by Gasteiger charge is 2.06. The molecule has 0 spiro atoms. The minimum atomic E-state index is 0.433. The fourth-order valence-electron chi connectivity index (χ4n) is 1.91. The van der Waals surface area contributed by atoms with Crippen molar-refractivity contribution in [2.24, 2.45) is 0 Å². The van der Waals surface area contributed by atoms with Crippen LogP contribution in [0.1, 0.15) is 27.2 Å². The van der Waals surface area contributed by atoms with Crippen molar-refractivity contribution in [3.63, 3.8) is 0 Å². The summed E-state index contributed by atoms with van der Waals surface area (Å²) in [6, 6.07) is 9.38. The van der Waals surface area contributed by atoms with Gasteiger partial charge in [0.15, 0.2) is 0 Å². The van der Waals surface area contributed by atoms with Crippen molar-refractivity contribution in [2.45, 2.75) is 20.5 Å². The molecule has 0 aliphatic carbocycles. The molecule has 92 valence electrons. The lowest BCUT2D eigenvalue weighted by Crippen LogP contribution is -2.01. The van der Waals surface area contributed by atoms with E-state index >= 15 is 0 Å². The molecule has 0 amide bonds. The van der Waals surface area contributed by atoms with E-state index in [-0.39, 0.29) is 0 Å². The molecule has 0 aliphatic heterocycles. The number of nitrogens with zero attached hydrogens (tertiary/aromatic N) is 1. The Labute approximate surface area is 106 Å². The average Bonchev–Trinajstić information content (AvgIpc) is 2.38. The lowest BCUT2D eigenvalue weighted by atomic mass is 10.1. The van der Waals surface area contributed by atoms with E-state index in [0.29, 0.717) is 12.2 Å². The maximum Gasteiger partial charge on any atom is 0.150 e. The van der Waals surface area contributed by atoms with Gasteiger partial charge in [0.25, 0.3) is 0 Å². The summed E-state index contributed by atoms with van der Waals surface area (Å²) >= 11 is 0. The summed E-state index contributed by atoms with van der Waals surface area (Å²) in [6.07, 6.45) is 2.59. The highest BCUT2D eigenvalue weighted by molar-refractivity contribution is 5.76. The van der Waals surface area contributed by atoms with Crippen LogP contribution in [0, 0.1) is 13.8 Å². The first-order valence-corrected chi connectivity index (χ1v) is 5.80. The van der Waals surface area contributed by atoms with Gasteiger partial charge in [-0.15, -0.1) is 0 Å². The molecular weight excluding hydrogens is 226 g/mol. The predicted octanol–water partition coefficient (Wildman–Crippen LogP) is 3.09. The lowest BCUT2D eigenvalue weighted by Gasteiger charge is -2.12. The van der Waals surface area contributed by atoms with Crippen molar-refractivity contribution < 1.29 is 9.53 Å². The van der Waals surface area contributed by atoms with Crippen LogP contribution in [0.25, 0.3) is 0 Å². The molecule has 0 atom stereocenters. The van der Waals surface area contributed by atoms with E-state index in [1.807, 2.05) is 44.2 Å². The predicted molar refractivity (Wildman–Crippen MR) is 69.9 cm³/mol. The van der Waals surface area contributed by atoms with Crippen LogP contribution < -0.4 is 4.74 Å². The van der Waals surface area contributed by atoms with Crippen molar-refractivity contribution in [1.29, 1.82) is 0 Å². The van der Waals surface area contributed by atoms with Gasteiger partial charge in [0.1, 0.15) is 18.6 Å². The molecule has 0 saturated carbocycles. The fraction of sp³-hybridized carbons (Fsp3) is 0.200. The van der Waals surface area contributed by atoms with Gasteiger partial charge in [-0.25, -0.2) is 0 Å². The zero-order chi connectivity index (χ0) is 13.0. The van der Waals surface area contributed by atoms with Gasteiger partial charge in [-0.2, -0.15) is 0 Å². The van der Waals surface area contributed by atoms with Gasteiger partial charge >= 0.3 is 0 Å². The molecule has 3 heteroatoms. The van der Waals surface area contributed by atoms with Crippen LogP contribution in [-0.2, 0) is 6.61 Å². The Morgan fingerprint density at radius 3 is 2.50 bits per heavy atom. The third-order valence-corrected chi connectivity index (χ3v) is 2.71. The number of hydrogen-bond donors (Lipinski definition) is 0. The number of aryl methyl sites for hydroxylation is 2. The first kappa shape index (κ1) is 12.3. The zero-order valence-corrected chi connectivity index (χ0v) is 10.5. The molecule has 0 unspecified atom stereocenters. The van der Waals surface area contributed by atoms with E-state index in [4.69, 9.17) is 4.74 Å². The number of benzene rings is 1. The molecule has 1 aromatic heterocycles. The van der Waals surface area contributed by atoms with Crippen LogP contribution in [-0.4, -0.2) is 11.3 Å². The maximum absolute atomic E-state index is 10.8. The van der Waals surface area contributed by atoms with Crippen LogP contribution in [0.5, 0.6) is 5.75 Å². The number of hydrogen-bond acceptors (Lipinski definition) is 3. The summed E-state index contributed by atoms with van der Waals surface area (Å²) in [5.41, 5.74) is 3.49. The maximum atomic E-state index is 10.8. The molecular formula is C15H15NO2. The summed E-state index contributed by atoms with van der Waals surface area (Å²) in [5, 5.41) is 0. The van der Waals surface area contributed by atoms with E-state index in [0.717, 1.165) is 28.9 Å². The molecule has 1 aromatic carbocycles. The van der Waals surface area contributed by atoms with Crippen LogP contribution in [0.3, 0.4) is 0 Å². The standard InChI is InChI=1S/C15H15NO2/c1-11-7-13(9-17)8-12(2)15(11)18-10-14-5-3-4-6-16-14/h3-9H,10H2,1-2H3. The normalized spacial score (nSPS) is 10.1. The molecule has 0 bridgehead atoms. The lowest BCUT2D eigenvalue weighted by molar-refractivity contribution is 0.112. The number of ether oxygens (including phenoxy) is 1. The Bertz CT molecular complexity index is 527. The molecule has 0 N–H and O–H groups in total. The monoisotopic (exact) mass is 241 g/mol. The Hall–Kier alpha value is -2.16. The molecule has 0 fully saturated rings. The zero-order valence-electron chi connectivity index (χ0n) is 10.5. The summed E-state index contributed by atoms with van der Waals surface area (Å²) in [5.74, 6) is 0.825. The molecule has 1 heterocycles. The summed E-state index contributed by atoms with van der Waals surface area (Å²) in [4.78, 5) is 15.0. The second-order valence-electron chi connectivity index (χ2n) is 4.21. The number of rotatable bonds is 4. The van der Waals surface area contributed by atoms with E-state index < -0.39 is 0 Å².